The first-order chi connectivity index (χ1) is 16.4. The molecule has 0 aliphatic rings. The second kappa shape index (κ2) is 8.25. The van der Waals surface area contributed by atoms with Crippen LogP contribution in [0.25, 0.3) is 50.2 Å². The molecule has 0 bridgehead atoms. The first-order valence-corrected chi connectivity index (χ1v) is 11.2. The van der Waals surface area contributed by atoms with Crippen molar-refractivity contribution in [2.24, 2.45) is 0 Å². The predicted octanol–water partition coefficient (Wildman–Crippen LogP) is 8.03. The smallest absolute Gasteiger partial charge is 0.137 e. The minimum Gasteiger partial charge on any atom is -0.293 e. The molecular weight excluding hydrogens is 400 g/mol. The van der Waals surface area contributed by atoms with Gasteiger partial charge in [-0.1, -0.05) is 115 Å². The van der Waals surface area contributed by atoms with E-state index < -0.39 is 0 Å². The Balaban J connectivity index is 1.84. The third-order valence-electron chi connectivity index (χ3n) is 6.06. The van der Waals surface area contributed by atoms with Crippen molar-refractivity contribution >= 4 is 10.9 Å². The molecule has 6 aromatic rings. The van der Waals surface area contributed by atoms with Gasteiger partial charge in [-0.05, 0) is 28.8 Å². The molecule has 2 heterocycles. The molecule has 156 valence electrons. The largest absolute Gasteiger partial charge is 0.293 e. The van der Waals surface area contributed by atoms with Crippen molar-refractivity contribution < 1.29 is 0 Å². The summed E-state index contributed by atoms with van der Waals surface area (Å²) in [6.07, 6.45) is 1.86. The SMILES string of the molecule is c1ccc(-c2c(-c3ccccc3)n(-c3ccccn3)c3c(-c4ccccc4)cccc23)cc1. The van der Waals surface area contributed by atoms with Gasteiger partial charge in [0, 0.05) is 22.7 Å². The lowest BCUT2D eigenvalue weighted by atomic mass is 9.96. The molecule has 2 heteroatoms. The maximum absolute atomic E-state index is 4.79. The maximum atomic E-state index is 4.79. The van der Waals surface area contributed by atoms with Crippen LogP contribution in [0.15, 0.2) is 134 Å². The lowest BCUT2D eigenvalue weighted by molar-refractivity contribution is 1.05. The Kier molecular flexibility index (Phi) is 4.82. The molecule has 2 aromatic heterocycles. The molecule has 0 aliphatic heterocycles. The molecule has 0 aliphatic carbocycles. The number of fused-ring (bicyclic) bond motifs is 1. The monoisotopic (exact) mass is 422 g/mol. The van der Waals surface area contributed by atoms with Gasteiger partial charge in [0.15, 0.2) is 0 Å². The van der Waals surface area contributed by atoms with Crippen LogP contribution in [0.3, 0.4) is 0 Å². The molecule has 0 spiro atoms. The number of rotatable bonds is 4. The summed E-state index contributed by atoms with van der Waals surface area (Å²) in [5.41, 5.74) is 8.29. The van der Waals surface area contributed by atoms with Crippen molar-refractivity contribution in [1.82, 2.24) is 9.55 Å². The maximum Gasteiger partial charge on any atom is 0.137 e. The molecule has 33 heavy (non-hydrogen) atoms. The zero-order chi connectivity index (χ0) is 22.0. The van der Waals surface area contributed by atoms with Crippen LogP contribution in [0.5, 0.6) is 0 Å². The van der Waals surface area contributed by atoms with Gasteiger partial charge in [-0.3, -0.25) is 4.57 Å². The van der Waals surface area contributed by atoms with Crippen LogP contribution in [0.1, 0.15) is 0 Å². The quantitative estimate of drug-likeness (QED) is 0.281. The van der Waals surface area contributed by atoms with Crippen LogP contribution in [0.4, 0.5) is 0 Å². The summed E-state index contributed by atoms with van der Waals surface area (Å²) >= 11 is 0. The lowest BCUT2D eigenvalue weighted by Crippen LogP contribution is -2.00. The van der Waals surface area contributed by atoms with E-state index in [9.17, 15) is 0 Å². The van der Waals surface area contributed by atoms with E-state index in [1.807, 2.05) is 12.3 Å². The van der Waals surface area contributed by atoms with Gasteiger partial charge in [0.25, 0.3) is 0 Å². The highest BCUT2D eigenvalue weighted by Gasteiger charge is 2.23. The van der Waals surface area contributed by atoms with E-state index >= 15 is 0 Å². The predicted molar refractivity (Wildman–Crippen MR) is 137 cm³/mol. The van der Waals surface area contributed by atoms with Gasteiger partial charge < -0.3 is 0 Å². The van der Waals surface area contributed by atoms with E-state index in [0.29, 0.717) is 0 Å². The summed E-state index contributed by atoms with van der Waals surface area (Å²) in [5, 5.41) is 1.21. The molecule has 0 radical (unpaired) electrons. The van der Waals surface area contributed by atoms with E-state index in [-0.39, 0.29) is 0 Å². The molecule has 4 aromatic carbocycles. The Hall–Kier alpha value is -4.43. The van der Waals surface area contributed by atoms with Crippen LogP contribution in [-0.2, 0) is 0 Å². The fraction of sp³-hybridized carbons (Fsp3) is 0. The van der Waals surface area contributed by atoms with E-state index in [4.69, 9.17) is 4.98 Å². The third-order valence-corrected chi connectivity index (χ3v) is 6.06. The van der Waals surface area contributed by atoms with E-state index in [0.717, 1.165) is 17.1 Å². The summed E-state index contributed by atoms with van der Waals surface area (Å²) < 4.78 is 2.33. The van der Waals surface area contributed by atoms with Crippen LogP contribution >= 0.6 is 0 Å². The lowest BCUT2D eigenvalue weighted by Gasteiger charge is -2.14. The van der Waals surface area contributed by atoms with E-state index in [1.54, 1.807) is 0 Å². The molecule has 2 nitrogen and oxygen atoms in total. The summed E-state index contributed by atoms with van der Waals surface area (Å²) in [4.78, 5) is 4.79. The third kappa shape index (κ3) is 3.33. The van der Waals surface area contributed by atoms with Crippen molar-refractivity contribution in [1.29, 1.82) is 0 Å². The number of hydrogen-bond donors (Lipinski definition) is 0. The van der Waals surface area contributed by atoms with Crippen LogP contribution in [0, 0.1) is 0 Å². The Morgan fingerprint density at radius 1 is 0.485 bits per heavy atom. The highest BCUT2D eigenvalue weighted by molar-refractivity contribution is 6.10. The number of hydrogen-bond acceptors (Lipinski definition) is 1. The summed E-state index contributed by atoms with van der Waals surface area (Å²) in [7, 11) is 0. The van der Waals surface area contributed by atoms with Gasteiger partial charge in [-0.2, -0.15) is 0 Å². The Morgan fingerprint density at radius 3 is 1.73 bits per heavy atom. The van der Waals surface area contributed by atoms with Crippen molar-refractivity contribution in [3.05, 3.63) is 134 Å². The zero-order valence-electron chi connectivity index (χ0n) is 18.1. The number of pyridine rings is 1. The summed E-state index contributed by atoms with van der Waals surface area (Å²) in [6, 6.07) is 44.6. The van der Waals surface area contributed by atoms with Gasteiger partial charge in [0.1, 0.15) is 5.82 Å². The Morgan fingerprint density at radius 2 is 1.09 bits per heavy atom. The Bertz CT molecular complexity index is 1520. The number of benzene rings is 4. The zero-order valence-corrected chi connectivity index (χ0v) is 18.1. The van der Waals surface area contributed by atoms with Crippen molar-refractivity contribution in [3.63, 3.8) is 0 Å². The average molecular weight is 423 g/mol. The highest BCUT2D eigenvalue weighted by atomic mass is 15.1. The molecule has 0 atom stereocenters. The highest BCUT2D eigenvalue weighted by Crippen LogP contribution is 2.45. The topological polar surface area (TPSA) is 17.8 Å². The standard InChI is InChI=1S/C31H22N2/c1-4-13-23(14-5-1)26-19-12-20-27-29(24-15-6-2-7-16-24)30(25-17-8-3-9-18-25)33(31(26)27)28-21-10-11-22-32-28/h1-22H. The molecule has 6 rings (SSSR count). The molecular formula is C31H22N2. The van der Waals surface area contributed by atoms with Crippen molar-refractivity contribution in [2.45, 2.75) is 0 Å². The summed E-state index contributed by atoms with van der Waals surface area (Å²) in [6.45, 7) is 0. The van der Waals surface area contributed by atoms with E-state index in [2.05, 4.69) is 126 Å². The number of nitrogens with zero attached hydrogens (tertiary/aromatic N) is 2. The number of aromatic nitrogens is 2. The first kappa shape index (κ1) is 19.3. The van der Waals surface area contributed by atoms with Gasteiger partial charge in [-0.25, -0.2) is 4.98 Å². The van der Waals surface area contributed by atoms with Crippen molar-refractivity contribution in [2.75, 3.05) is 0 Å². The fourth-order valence-corrected chi connectivity index (χ4v) is 4.67. The van der Waals surface area contributed by atoms with E-state index in [1.165, 1.54) is 33.2 Å². The molecule has 0 amide bonds. The second-order valence-corrected chi connectivity index (χ2v) is 8.05. The molecule has 0 fully saturated rings. The first-order valence-electron chi connectivity index (χ1n) is 11.2. The number of para-hydroxylation sites is 1. The van der Waals surface area contributed by atoms with Crippen molar-refractivity contribution in [3.8, 4) is 39.3 Å². The minimum atomic E-state index is 0.909. The molecule has 0 N–H and O–H groups in total. The molecule has 0 saturated carbocycles. The fourth-order valence-electron chi connectivity index (χ4n) is 4.67. The van der Waals surface area contributed by atoms with Gasteiger partial charge in [0.2, 0.25) is 0 Å². The summed E-state index contributed by atoms with van der Waals surface area (Å²) in [5.74, 6) is 0.909. The van der Waals surface area contributed by atoms with Gasteiger partial charge >= 0.3 is 0 Å². The second-order valence-electron chi connectivity index (χ2n) is 8.05. The molecule has 0 unspecified atom stereocenters. The normalized spacial score (nSPS) is 11.0. The average Bonchev–Trinajstić information content (AvgIpc) is 3.26. The van der Waals surface area contributed by atoms with Crippen LogP contribution in [-0.4, -0.2) is 9.55 Å². The van der Waals surface area contributed by atoms with Gasteiger partial charge in [-0.15, -0.1) is 0 Å². The van der Waals surface area contributed by atoms with Crippen LogP contribution in [0.2, 0.25) is 0 Å². The van der Waals surface area contributed by atoms with Gasteiger partial charge in [0.05, 0.1) is 11.2 Å². The minimum absolute atomic E-state index is 0.909. The Labute approximate surface area is 193 Å². The molecule has 0 saturated heterocycles. The van der Waals surface area contributed by atoms with Crippen LogP contribution < -0.4 is 0 Å².